The lowest BCUT2D eigenvalue weighted by Crippen LogP contribution is -2.25. The van der Waals surface area contributed by atoms with E-state index in [9.17, 15) is 4.79 Å². The fourth-order valence-corrected chi connectivity index (χ4v) is 2.91. The zero-order valence-corrected chi connectivity index (χ0v) is 14.3. The molecule has 0 aliphatic carbocycles. The Kier molecular flexibility index (Phi) is 4.15. The molecule has 1 N–H and O–H groups in total. The molecule has 1 amide bonds. The maximum atomic E-state index is 12.7. The third-order valence-electron chi connectivity index (χ3n) is 4.15. The summed E-state index contributed by atoms with van der Waals surface area (Å²) in [5.41, 5.74) is 4.77. The molecule has 6 nitrogen and oxygen atoms in total. The molecule has 0 saturated heterocycles. The minimum absolute atomic E-state index is 0.152. The highest BCUT2D eigenvalue weighted by Crippen LogP contribution is 2.16. The van der Waals surface area contributed by atoms with Crippen LogP contribution in [0.25, 0.3) is 16.9 Å². The second-order valence-corrected chi connectivity index (χ2v) is 5.95. The van der Waals surface area contributed by atoms with Crippen molar-refractivity contribution in [3.8, 4) is 11.3 Å². The first-order chi connectivity index (χ1) is 12.7. The predicted molar refractivity (Wildman–Crippen MR) is 98.6 cm³/mol. The fourth-order valence-electron chi connectivity index (χ4n) is 2.91. The van der Waals surface area contributed by atoms with Gasteiger partial charge in [-0.25, -0.2) is 4.98 Å². The van der Waals surface area contributed by atoms with Crippen LogP contribution in [0.4, 0.5) is 0 Å². The number of imidazole rings is 1. The molecule has 0 spiro atoms. The predicted octanol–water partition coefficient (Wildman–Crippen LogP) is 3.03. The number of aromatic nitrogens is 4. The van der Waals surface area contributed by atoms with Crippen molar-refractivity contribution in [3.63, 3.8) is 0 Å². The summed E-state index contributed by atoms with van der Waals surface area (Å²) in [6.07, 6.45) is 7.08. The molecule has 0 unspecified atom stereocenters. The second-order valence-electron chi connectivity index (χ2n) is 5.95. The number of rotatable bonds is 4. The van der Waals surface area contributed by atoms with Gasteiger partial charge in [-0.2, -0.15) is 0 Å². The second kappa shape index (κ2) is 6.76. The first-order valence-corrected chi connectivity index (χ1v) is 8.29. The van der Waals surface area contributed by atoms with E-state index >= 15 is 0 Å². The van der Waals surface area contributed by atoms with Crippen LogP contribution in [0.15, 0.2) is 67.3 Å². The number of carbonyl (C=O) groups excluding carboxylic acids is 1. The Morgan fingerprint density at radius 3 is 2.92 bits per heavy atom. The topological polar surface area (TPSA) is 72.2 Å². The Balaban J connectivity index is 1.54. The Bertz CT molecular complexity index is 1070. The van der Waals surface area contributed by atoms with Crippen molar-refractivity contribution in [1.82, 2.24) is 24.7 Å². The van der Waals surface area contributed by atoms with Gasteiger partial charge in [0.25, 0.3) is 5.91 Å². The number of fused-ring (bicyclic) bond motifs is 1. The van der Waals surface area contributed by atoms with Crippen molar-refractivity contribution in [2.45, 2.75) is 13.5 Å². The van der Waals surface area contributed by atoms with E-state index in [4.69, 9.17) is 0 Å². The summed E-state index contributed by atoms with van der Waals surface area (Å²) < 4.78 is 1.80. The van der Waals surface area contributed by atoms with Crippen molar-refractivity contribution < 1.29 is 4.79 Å². The molecule has 0 radical (unpaired) electrons. The highest BCUT2D eigenvalue weighted by molar-refractivity contribution is 5.94. The molecular weight excluding hydrogens is 326 g/mol. The summed E-state index contributed by atoms with van der Waals surface area (Å²) in [5, 5.41) is 2.97. The van der Waals surface area contributed by atoms with Gasteiger partial charge in [-0.05, 0) is 48.9 Å². The maximum absolute atomic E-state index is 12.7. The molecule has 0 aromatic carbocycles. The standard InChI is InChI=1S/C20H17N5O/c1-14-19(25-10-3-2-6-18(25)24-14)20(26)23-12-15-7-9-22-17(11-15)16-5-4-8-21-13-16/h2-11,13H,12H2,1H3,(H,23,26). The quantitative estimate of drug-likeness (QED) is 0.618. The molecular formula is C20H17N5O. The first-order valence-electron chi connectivity index (χ1n) is 8.29. The van der Waals surface area contributed by atoms with Crippen LogP contribution in [0.2, 0.25) is 0 Å². The van der Waals surface area contributed by atoms with Crippen LogP contribution in [0, 0.1) is 6.92 Å². The van der Waals surface area contributed by atoms with Gasteiger partial charge < -0.3 is 5.32 Å². The third-order valence-corrected chi connectivity index (χ3v) is 4.15. The van der Waals surface area contributed by atoms with Gasteiger partial charge in [0.05, 0.1) is 11.4 Å². The number of hydrogen-bond acceptors (Lipinski definition) is 4. The molecule has 0 aliphatic heterocycles. The van der Waals surface area contributed by atoms with Crippen LogP contribution in [0.1, 0.15) is 21.7 Å². The number of hydrogen-bond donors (Lipinski definition) is 1. The van der Waals surface area contributed by atoms with Crippen LogP contribution in [-0.2, 0) is 6.54 Å². The van der Waals surface area contributed by atoms with Crippen LogP contribution >= 0.6 is 0 Å². The minimum atomic E-state index is -0.152. The average molecular weight is 343 g/mol. The van der Waals surface area contributed by atoms with Crippen molar-refractivity contribution in [2.75, 3.05) is 0 Å². The van der Waals surface area contributed by atoms with Crippen molar-refractivity contribution in [3.05, 3.63) is 84.2 Å². The number of aryl methyl sites for hydroxylation is 1. The van der Waals surface area contributed by atoms with Crippen LogP contribution in [-0.4, -0.2) is 25.3 Å². The monoisotopic (exact) mass is 343 g/mol. The van der Waals surface area contributed by atoms with E-state index in [0.717, 1.165) is 22.5 Å². The summed E-state index contributed by atoms with van der Waals surface area (Å²) in [6.45, 7) is 2.25. The van der Waals surface area contributed by atoms with Crippen LogP contribution in [0.3, 0.4) is 0 Å². The summed E-state index contributed by atoms with van der Waals surface area (Å²) in [6, 6.07) is 13.3. The van der Waals surface area contributed by atoms with Crippen LogP contribution in [0.5, 0.6) is 0 Å². The van der Waals surface area contributed by atoms with E-state index in [0.29, 0.717) is 17.9 Å². The smallest absolute Gasteiger partial charge is 0.270 e. The summed E-state index contributed by atoms with van der Waals surface area (Å²) in [7, 11) is 0. The van der Waals surface area contributed by atoms with Crippen molar-refractivity contribution in [1.29, 1.82) is 0 Å². The van der Waals surface area contributed by atoms with Gasteiger partial charge in [-0.1, -0.05) is 6.07 Å². The normalized spacial score (nSPS) is 10.8. The lowest BCUT2D eigenvalue weighted by molar-refractivity contribution is 0.0944. The lowest BCUT2D eigenvalue weighted by Gasteiger charge is -2.08. The van der Waals surface area contributed by atoms with Gasteiger partial charge >= 0.3 is 0 Å². The van der Waals surface area contributed by atoms with Gasteiger partial charge in [0, 0.05) is 36.9 Å². The molecule has 4 aromatic rings. The Hall–Kier alpha value is -3.54. The van der Waals surface area contributed by atoms with E-state index in [1.807, 2.05) is 55.6 Å². The van der Waals surface area contributed by atoms with Crippen molar-refractivity contribution in [2.24, 2.45) is 0 Å². The molecule has 0 atom stereocenters. The number of pyridine rings is 3. The van der Waals surface area contributed by atoms with Crippen LogP contribution < -0.4 is 5.32 Å². The molecule has 4 rings (SSSR count). The number of nitrogens with one attached hydrogen (secondary N) is 1. The van der Waals surface area contributed by atoms with E-state index in [1.165, 1.54) is 0 Å². The summed E-state index contributed by atoms with van der Waals surface area (Å²) in [5.74, 6) is -0.152. The van der Waals surface area contributed by atoms with Gasteiger partial charge in [-0.3, -0.25) is 19.2 Å². The van der Waals surface area contributed by atoms with Gasteiger partial charge in [-0.15, -0.1) is 0 Å². The van der Waals surface area contributed by atoms with E-state index in [1.54, 1.807) is 23.0 Å². The Labute approximate surface area is 150 Å². The van der Waals surface area contributed by atoms with Gasteiger partial charge in [0.1, 0.15) is 11.3 Å². The highest BCUT2D eigenvalue weighted by Gasteiger charge is 2.16. The zero-order chi connectivity index (χ0) is 17.9. The Morgan fingerprint density at radius 2 is 2.08 bits per heavy atom. The first kappa shape index (κ1) is 16.0. The molecule has 0 aliphatic rings. The molecule has 128 valence electrons. The molecule has 0 saturated carbocycles. The van der Waals surface area contributed by atoms with Crippen molar-refractivity contribution >= 4 is 11.6 Å². The molecule has 26 heavy (non-hydrogen) atoms. The molecule has 6 heteroatoms. The zero-order valence-electron chi connectivity index (χ0n) is 14.3. The fraction of sp³-hybridized carbons (Fsp3) is 0.100. The van der Waals surface area contributed by atoms with E-state index < -0.39 is 0 Å². The third kappa shape index (κ3) is 3.04. The number of amides is 1. The lowest BCUT2D eigenvalue weighted by atomic mass is 10.1. The van der Waals surface area contributed by atoms with E-state index in [-0.39, 0.29) is 5.91 Å². The van der Waals surface area contributed by atoms with Gasteiger partial charge in [0.15, 0.2) is 0 Å². The molecule has 4 heterocycles. The molecule has 0 bridgehead atoms. The average Bonchev–Trinajstić information content (AvgIpc) is 3.03. The number of nitrogens with zero attached hydrogens (tertiary/aromatic N) is 4. The van der Waals surface area contributed by atoms with E-state index in [2.05, 4.69) is 20.3 Å². The Morgan fingerprint density at radius 1 is 1.15 bits per heavy atom. The SMILES string of the molecule is Cc1nc2ccccn2c1C(=O)NCc1ccnc(-c2cccnc2)c1. The minimum Gasteiger partial charge on any atom is -0.347 e. The molecule has 0 fully saturated rings. The molecule has 4 aromatic heterocycles. The summed E-state index contributed by atoms with van der Waals surface area (Å²) in [4.78, 5) is 25.6. The maximum Gasteiger partial charge on any atom is 0.270 e. The largest absolute Gasteiger partial charge is 0.347 e. The number of carbonyl (C=O) groups is 1. The highest BCUT2D eigenvalue weighted by atomic mass is 16.1. The summed E-state index contributed by atoms with van der Waals surface area (Å²) >= 11 is 0. The van der Waals surface area contributed by atoms with Gasteiger partial charge in [0.2, 0.25) is 0 Å².